The fraction of sp³-hybridized carbons (Fsp3) is 0.462. The number of benzene rings is 1. The molecular formula is C13H18O3S. The predicted octanol–water partition coefficient (Wildman–Crippen LogP) is 2.79. The van der Waals surface area contributed by atoms with Crippen LogP contribution in [-0.2, 0) is 9.53 Å². The van der Waals surface area contributed by atoms with E-state index >= 15 is 0 Å². The van der Waals surface area contributed by atoms with E-state index in [1.165, 1.54) is 7.11 Å². The Morgan fingerprint density at radius 3 is 2.94 bits per heavy atom. The molecule has 0 saturated carbocycles. The highest BCUT2D eigenvalue weighted by molar-refractivity contribution is 7.99. The summed E-state index contributed by atoms with van der Waals surface area (Å²) in [6, 6.07) is 7.83. The zero-order valence-corrected chi connectivity index (χ0v) is 11.0. The molecule has 0 aliphatic rings. The van der Waals surface area contributed by atoms with Crippen molar-refractivity contribution in [2.45, 2.75) is 30.8 Å². The molecular weight excluding hydrogens is 236 g/mol. The van der Waals surface area contributed by atoms with Crippen molar-refractivity contribution in [1.82, 2.24) is 0 Å². The van der Waals surface area contributed by atoms with E-state index < -0.39 is 6.10 Å². The zero-order valence-electron chi connectivity index (χ0n) is 10.2. The predicted molar refractivity (Wildman–Crippen MR) is 69.0 cm³/mol. The van der Waals surface area contributed by atoms with Gasteiger partial charge in [-0.25, -0.2) is 0 Å². The Balaban J connectivity index is 2.36. The van der Waals surface area contributed by atoms with Crippen molar-refractivity contribution < 1.29 is 14.6 Å². The molecule has 1 aromatic rings. The number of hydrogen-bond donors (Lipinski definition) is 1. The van der Waals surface area contributed by atoms with Gasteiger partial charge in [-0.15, -0.1) is 11.8 Å². The topological polar surface area (TPSA) is 46.5 Å². The van der Waals surface area contributed by atoms with Crippen LogP contribution in [0.25, 0.3) is 0 Å². The summed E-state index contributed by atoms with van der Waals surface area (Å²) in [4.78, 5) is 12.0. The minimum absolute atomic E-state index is 0.164. The van der Waals surface area contributed by atoms with Gasteiger partial charge in [0.2, 0.25) is 0 Å². The molecule has 0 heterocycles. The summed E-state index contributed by atoms with van der Waals surface area (Å²) in [5, 5.41) is 9.45. The third-order valence-electron chi connectivity index (χ3n) is 2.36. The second-order valence-electron chi connectivity index (χ2n) is 3.78. The van der Waals surface area contributed by atoms with Crippen molar-refractivity contribution >= 4 is 17.7 Å². The van der Waals surface area contributed by atoms with E-state index in [0.29, 0.717) is 6.42 Å². The number of ether oxygens (including phenoxy) is 1. The van der Waals surface area contributed by atoms with Crippen LogP contribution in [0.1, 0.15) is 31.4 Å². The molecule has 1 atom stereocenters. The third-order valence-corrected chi connectivity index (χ3v) is 3.44. The van der Waals surface area contributed by atoms with E-state index in [1.807, 2.05) is 24.3 Å². The Morgan fingerprint density at radius 2 is 2.29 bits per heavy atom. The van der Waals surface area contributed by atoms with Crippen molar-refractivity contribution in [1.29, 1.82) is 0 Å². The molecule has 0 radical (unpaired) electrons. The lowest BCUT2D eigenvalue weighted by Crippen LogP contribution is -2.00. The molecule has 0 bridgehead atoms. The van der Waals surface area contributed by atoms with Gasteiger partial charge in [0.1, 0.15) is 0 Å². The van der Waals surface area contributed by atoms with Crippen LogP contribution in [0.2, 0.25) is 0 Å². The quantitative estimate of drug-likeness (QED) is 0.482. The van der Waals surface area contributed by atoms with Gasteiger partial charge >= 0.3 is 5.97 Å². The molecule has 17 heavy (non-hydrogen) atoms. The van der Waals surface area contributed by atoms with Crippen LogP contribution in [0.4, 0.5) is 0 Å². The van der Waals surface area contributed by atoms with Crippen LogP contribution in [0, 0.1) is 0 Å². The number of thioether (sulfide) groups is 1. The van der Waals surface area contributed by atoms with Crippen molar-refractivity contribution in [2.24, 2.45) is 0 Å². The number of hydrogen-bond acceptors (Lipinski definition) is 4. The number of rotatable bonds is 6. The van der Waals surface area contributed by atoms with Crippen LogP contribution in [0.5, 0.6) is 0 Å². The minimum Gasteiger partial charge on any atom is -0.469 e. The molecule has 3 nitrogen and oxygen atoms in total. The van der Waals surface area contributed by atoms with E-state index in [-0.39, 0.29) is 5.97 Å². The van der Waals surface area contributed by atoms with Gasteiger partial charge in [-0.1, -0.05) is 12.1 Å². The van der Waals surface area contributed by atoms with Crippen LogP contribution < -0.4 is 0 Å². The van der Waals surface area contributed by atoms with Gasteiger partial charge in [-0.2, -0.15) is 0 Å². The van der Waals surface area contributed by atoms with Gasteiger partial charge in [0.05, 0.1) is 13.2 Å². The maximum atomic E-state index is 10.9. The monoisotopic (exact) mass is 254 g/mol. The number of carbonyl (C=O) groups excluding carboxylic acids is 1. The van der Waals surface area contributed by atoms with Crippen LogP contribution in [0.3, 0.4) is 0 Å². The SMILES string of the molecule is COC(=O)CCCSc1cccc(C(C)O)c1. The highest BCUT2D eigenvalue weighted by Gasteiger charge is 2.03. The van der Waals surface area contributed by atoms with E-state index in [9.17, 15) is 9.90 Å². The van der Waals surface area contributed by atoms with Crippen LogP contribution >= 0.6 is 11.8 Å². The Hall–Kier alpha value is -1.00. The Morgan fingerprint density at radius 1 is 1.53 bits per heavy atom. The summed E-state index contributed by atoms with van der Waals surface area (Å²) in [6.07, 6.45) is 0.821. The first-order valence-electron chi connectivity index (χ1n) is 5.61. The average molecular weight is 254 g/mol. The maximum Gasteiger partial charge on any atom is 0.305 e. The van der Waals surface area contributed by atoms with Crippen LogP contribution in [0.15, 0.2) is 29.2 Å². The molecule has 0 fully saturated rings. The highest BCUT2D eigenvalue weighted by Crippen LogP contribution is 2.23. The molecule has 94 valence electrons. The fourth-order valence-corrected chi connectivity index (χ4v) is 2.29. The minimum atomic E-state index is -0.439. The molecule has 0 spiro atoms. The molecule has 1 N–H and O–H groups in total. The molecule has 1 rings (SSSR count). The number of methoxy groups -OCH3 is 1. The summed E-state index contributed by atoms with van der Waals surface area (Å²) in [5.74, 6) is 0.710. The smallest absolute Gasteiger partial charge is 0.305 e. The first-order valence-corrected chi connectivity index (χ1v) is 6.59. The Kier molecular flexibility index (Phi) is 6.08. The molecule has 0 amide bonds. The standard InChI is InChI=1S/C13H18O3S/c1-10(14)11-5-3-6-12(9-11)17-8-4-7-13(15)16-2/h3,5-6,9-10,14H,4,7-8H2,1-2H3. The largest absolute Gasteiger partial charge is 0.469 e. The second kappa shape index (κ2) is 7.35. The van der Waals surface area contributed by atoms with E-state index in [1.54, 1.807) is 18.7 Å². The lowest BCUT2D eigenvalue weighted by molar-refractivity contribution is -0.140. The Bertz CT molecular complexity index is 363. The summed E-state index contributed by atoms with van der Waals surface area (Å²) >= 11 is 1.69. The van der Waals surface area contributed by atoms with Crippen molar-refractivity contribution in [2.75, 3.05) is 12.9 Å². The van der Waals surface area contributed by atoms with Gasteiger partial charge < -0.3 is 9.84 Å². The number of aliphatic hydroxyl groups is 1. The normalized spacial score (nSPS) is 12.2. The lowest BCUT2D eigenvalue weighted by atomic mass is 10.1. The summed E-state index contributed by atoms with van der Waals surface area (Å²) in [5.41, 5.74) is 0.919. The van der Waals surface area contributed by atoms with E-state index in [2.05, 4.69) is 4.74 Å². The molecule has 4 heteroatoms. The summed E-state index contributed by atoms with van der Waals surface area (Å²) < 4.78 is 4.57. The van der Waals surface area contributed by atoms with Crippen molar-refractivity contribution in [3.63, 3.8) is 0 Å². The first kappa shape index (κ1) is 14.1. The van der Waals surface area contributed by atoms with E-state index in [4.69, 9.17) is 0 Å². The molecule has 0 aromatic heterocycles. The third kappa shape index (κ3) is 5.24. The Labute approximate surface area is 106 Å². The number of esters is 1. The number of aliphatic hydroxyl groups excluding tert-OH is 1. The first-order chi connectivity index (χ1) is 8.13. The van der Waals surface area contributed by atoms with E-state index in [0.717, 1.165) is 22.6 Å². The summed E-state index contributed by atoms with van der Waals surface area (Å²) in [7, 11) is 1.40. The van der Waals surface area contributed by atoms with Crippen molar-refractivity contribution in [3.05, 3.63) is 29.8 Å². The number of carbonyl (C=O) groups is 1. The maximum absolute atomic E-state index is 10.9. The van der Waals surface area contributed by atoms with Gasteiger partial charge in [-0.3, -0.25) is 4.79 Å². The highest BCUT2D eigenvalue weighted by atomic mass is 32.2. The molecule has 0 saturated heterocycles. The molecule has 0 aliphatic heterocycles. The average Bonchev–Trinajstić information content (AvgIpc) is 2.34. The second-order valence-corrected chi connectivity index (χ2v) is 4.94. The van der Waals surface area contributed by atoms with Gasteiger partial charge in [0.25, 0.3) is 0 Å². The van der Waals surface area contributed by atoms with Crippen molar-refractivity contribution in [3.8, 4) is 0 Å². The summed E-state index contributed by atoms with van der Waals surface area (Å²) in [6.45, 7) is 1.75. The van der Waals surface area contributed by atoms with Gasteiger partial charge in [0, 0.05) is 11.3 Å². The molecule has 1 unspecified atom stereocenters. The van der Waals surface area contributed by atoms with Gasteiger partial charge in [0.15, 0.2) is 0 Å². The molecule has 0 aliphatic carbocycles. The van der Waals surface area contributed by atoms with Crippen LogP contribution in [-0.4, -0.2) is 23.9 Å². The lowest BCUT2D eigenvalue weighted by Gasteiger charge is -2.07. The van der Waals surface area contributed by atoms with Gasteiger partial charge in [-0.05, 0) is 36.8 Å². The fourth-order valence-electron chi connectivity index (χ4n) is 1.37. The molecule has 1 aromatic carbocycles. The zero-order chi connectivity index (χ0) is 12.7.